The summed E-state index contributed by atoms with van der Waals surface area (Å²) in [6.45, 7) is 7.12. The van der Waals surface area contributed by atoms with Crippen LogP contribution < -0.4 is 42.5 Å². The maximum atomic E-state index is 13.7. The van der Waals surface area contributed by atoms with Crippen molar-refractivity contribution >= 4 is 64.9 Å². The monoisotopic (exact) mass is 874 g/mol. The molecule has 2 saturated heterocycles. The first-order valence-electron chi connectivity index (χ1n) is 19.9. The largest absolute Gasteiger partial charge is 0.480 e. The van der Waals surface area contributed by atoms with Crippen molar-refractivity contribution in [2.75, 3.05) is 19.6 Å². The number of carboxylic acids is 1. The first kappa shape index (κ1) is 46.6. The molecular formula is C43H54N8O8S2. The molecule has 2 fully saturated rings. The van der Waals surface area contributed by atoms with E-state index in [4.69, 9.17) is 5.11 Å². The van der Waals surface area contributed by atoms with E-state index in [1.54, 1.807) is 24.3 Å². The number of nitrogens with one attached hydrogen (secondary N) is 8. The quantitative estimate of drug-likeness (QED) is 0.0762. The molecular weight excluding hydrogens is 821 g/mol. The molecule has 0 aliphatic carbocycles. The van der Waals surface area contributed by atoms with Gasteiger partial charge in [0, 0.05) is 29.1 Å². The standard InChI is InChI=1S/C43H54N8O8S2/c1-42(2)34(50-40(60-42)32(36(56)46-24-28-18-12-7-13-19-28)48-29(52)22-26-14-8-5-9-15-26)38(58)44-20-21-45-39(59)35-43(3,4)61-41(51-35)33(37(57)47-25-31(54)55)49-30(53)23-27-16-10-6-11-17-27/h5-19,32-35,40-41,50-51H,20-25H2,1-4H3,(H,44,58)(H,45,59)(H,46,56)(H,47,57)(H,48,52)(H,49,53)(H,54,55)/t32?,33?,34-,35-,40+,41+/m0/s1. The van der Waals surface area contributed by atoms with Crippen molar-refractivity contribution in [1.29, 1.82) is 0 Å². The van der Waals surface area contributed by atoms with Crippen molar-refractivity contribution in [3.8, 4) is 0 Å². The number of carbonyl (C=O) groups is 7. The number of hydrogen-bond acceptors (Lipinski definition) is 11. The van der Waals surface area contributed by atoms with Gasteiger partial charge in [0.1, 0.15) is 30.7 Å². The van der Waals surface area contributed by atoms with E-state index < -0.39 is 80.6 Å². The van der Waals surface area contributed by atoms with E-state index in [0.29, 0.717) is 0 Å². The van der Waals surface area contributed by atoms with Crippen molar-refractivity contribution in [2.24, 2.45) is 0 Å². The highest BCUT2D eigenvalue weighted by Gasteiger charge is 2.50. The molecule has 6 atom stereocenters. The van der Waals surface area contributed by atoms with Gasteiger partial charge in [-0.1, -0.05) is 91.0 Å². The summed E-state index contributed by atoms with van der Waals surface area (Å²) in [6.07, 6.45) is 0.0590. The van der Waals surface area contributed by atoms with Crippen molar-refractivity contribution < 1.29 is 38.7 Å². The minimum Gasteiger partial charge on any atom is -0.480 e. The second kappa shape index (κ2) is 21.4. The van der Waals surface area contributed by atoms with Gasteiger partial charge in [0.25, 0.3) is 0 Å². The molecule has 0 saturated carbocycles. The fourth-order valence-corrected chi connectivity index (χ4v) is 10.0. The fraction of sp³-hybridized carbons (Fsp3) is 0.419. The van der Waals surface area contributed by atoms with Gasteiger partial charge in [0.05, 0.1) is 23.6 Å². The van der Waals surface area contributed by atoms with Gasteiger partial charge >= 0.3 is 5.97 Å². The SMILES string of the molecule is CC1(C)S[C@H](C(NC(=O)Cc2ccccc2)C(=O)NCC(=O)O)N[C@H]1C(=O)NCCNC(=O)[C@@H]1N[C@@H](C(NC(=O)Cc2ccccc2)C(=O)NCc2ccccc2)SC1(C)C. The summed E-state index contributed by atoms with van der Waals surface area (Å²) in [5, 5.41) is 30.7. The Hall–Kier alpha value is -5.43. The molecule has 2 heterocycles. The summed E-state index contributed by atoms with van der Waals surface area (Å²) in [7, 11) is 0. The number of rotatable bonds is 19. The van der Waals surface area contributed by atoms with Gasteiger partial charge < -0.3 is 37.0 Å². The van der Waals surface area contributed by atoms with E-state index in [-0.39, 0.29) is 44.3 Å². The Morgan fingerprint density at radius 2 is 0.951 bits per heavy atom. The zero-order valence-corrected chi connectivity index (χ0v) is 36.1. The van der Waals surface area contributed by atoms with Crippen LogP contribution in [0.1, 0.15) is 44.4 Å². The Morgan fingerprint density at radius 3 is 1.34 bits per heavy atom. The lowest BCUT2D eigenvalue weighted by Crippen LogP contribution is -2.59. The van der Waals surface area contributed by atoms with E-state index in [2.05, 4.69) is 42.5 Å². The molecule has 18 heteroatoms. The number of carboxylic acid groups (broad SMARTS) is 1. The maximum absolute atomic E-state index is 13.7. The molecule has 0 aromatic heterocycles. The second-order valence-electron chi connectivity index (χ2n) is 15.8. The van der Waals surface area contributed by atoms with Gasteiger partial charge in [-0.25, -0.2) is 0 Å². The lowest BCUT2D eigenvalue weighted by Gasteiger charge is -2.25. The van der Waals surface area contributed by atoms with Crippen molar-refractivity contribution in [3.63, 3.8) is 0 Å². The average Bonchev–Trinajstić information content (AvgIpc) is 3.73. The number of benzene rings is 3. The Balaban J connectivity index is 1.16. The van der Waals surface area contributed by atoms with Gasteiger partial charge in [0.2, 0.25) is 35.4 Å². The van der Waals surface area contributed by atoms with Gasteiger partial charge in [0.15, 0.2) is 0 Å². The van der Waals surface area contributed by atoms with Crippen LogP contribution in [0.4, 0.5) is 0 Å². The van der Waals surface area contributed by atoms with Crippen molar-refractivity contribution in [3.05, 3.63) is 108 Å². The van der Waals surface area contributed by atoms with Crippen molar-refractivity contribution in [1.82, 2.24) is 42.5 Å². The van der Waals surface area contributed by atoms with Crippen LogP contribution in [0.3, 0.4) is 0 Å². The molecule has 326 valence electrons. The number of thioether (sulfide) groups is 2. The van der Waals surface area contributed by atoms with Crippen LogP contribution in [-0.4, -0.2) is 111 Å². The molecule has 2 aliphatic heterocycles. The Bertz CT molecular complexity index is 2030. The second-order valence-corrected chi connectivity index (χ2v) is 19.4. The van der Waals surface area contributed by atoms with Crippen LogP contribution in [0.25, 0.3) is 0 Å². The highest BCUT2D eigenvalue weighted by molar-refractivity contribution is 8.01. The molecule has 3 aromatic carbocycles. The highest BCUT2D eigenvalue weighted by atomic mass is 32.2. The van der Waals surface area contributed by atoms with Crippen LogP contribution in [0.2, 0.25) is 0 Å². The van der Waals surface area contributed by atoms with E-state index in [0.717, 1.165) is 16.7 Å². The first-order chi connectivity index (χ1) is 29.0. The zero-order chi connectivity index (χ0) is 44.2. The summed E-state index contributed by atoms with van der Waals surface area (Å²) in [6, 6.07) is 23.7. The maximum Gasteiger partial charge on any atom is 0.322 e. The van der Waals surface area contributed by atoms with Gasteiger partial charge in [-0.3, -0.25) is 44.2 Å². The third-order valence-corrected chi connectivity index (χ3v) is 13.1. The van der Waals surface area contributed by atoms with E-state index in [9.17, 15) is 33.6 Å². The molecule has 6 amide bonds. The third-order valence-electron chi connectivity index (χ3n) is 10.1. The zero-order valence-electron chi connectivity index (χ0n) is 34.5. The molecule has 2 aliphatic rings. The molecule has 5 rings (SSSR count). The Morgan fingerprint density at radius 1 is 0.574 bits per heavy atom. The summed E-state index contributed by atoms with van der Waals surface area (Å²) in [5.74, 6) is -3.93. The Kier molecular flexibility index (Phi) is 16.3. The number of amides is 6. The molecule has 0 radical (unpaired) electrons. The molecule has 61 heavy (non-hydrogen) atoms. The predicted molar refractivity (Wildman–Crippen MR) is 234 cm³/mol. The van der Waals surface area contributed by atoms with E-state index in [1.807, 2.05) is 94.4 Å². The lowest BCUT2D eigenvalue weighted by atomic mass is 10.0. The molecule has 0 spiro atoms. The van der Waals surface area contributed by atoms with Crippen LogP contribution in [-0.2, 0) is 52.9 Å². The average molecular weight is 875 g/mol. The first-order valence-corrected chi connectivity index (χ1v) is 21.7. The summed E-state index contributed by atoms with van der Waals surface area (Å²) in [5.41, 5.74) is 2.40. The van der Waals surface area contributed by atoms with Gasteiger partial charge in [-0.05, 0) is 44.4 Å². The van der Waals surface area contributed by atoms with Crippen LogP contribution in [0.5, 0.6) is 0 Å². The number of hydrogen-bond donors (Lipinski definition) is 9. The van der Waals surface area contributed by atoms with E-state index >= 15 is 0 Å². The van der Waals surface area contributed by atoms with Gasteiger partial charge in [-0.15, -0.1) is 23.5 Å². The van der Waals surface area contributed by atoms with E-state index in [1.165, 1.54) is 23.5 Å². The third kappa shape index (κ3) is 13.5. The predicted octanol–water partition coefficient (Wildman–Crippen LogP) is 0.810. The van der Waals surface area contributed by atoms with Crippen LogP contribution in [0, 0.1) is 0 Å². The molecule has 16 nitrogen and oxygen atoms in total. The molecule has 3 aromatic rings. The number of carbonyl (C=O) groups excluding carboxylic acids is 6. The highest BCUT2D eigenvalue weighted by Crippen LogP contribution is 2.40. The smallest absolute Gasteiger partial charge is 0.322 e. The lowest BCUT2D eigenvalue weighted by molar-refractivity contribution is -0.138. The van der Waals surface area contributed by atoms with Crippen LogP contribution in [0.15, 0.2) is 91.0 Å². The normalized spacial score (nSPS) is 20.9. The minimum absolute atomic E-state index is 0.0111. The molecule has 2 unspecified atom stereocenters. The fourth-order valence-electron chi connectivity index (χ4n) is 7.01. The van der Waals surface area contributed by atoms with Crippen LogP contribution >= 0.6 is 23.5 Å². The van der Waals surface area contributed by atoms with Crippen molar-refractivity contribution in [2.45, 2.75) is 91.5 Å². The topological polar surface area (TPSA) is 236 Å². The molecule has 0 bridgehead atoms. The minimum atomic E-state index is -1.25. The summed E-state index contributed by atoms with van der Waals surface area (Å²) < 4.78 is -1.47. The van der Waals surface area contributed by atoms with Gasteiger partial charge in [-0.2, -0.15) is 0 Å². The summed E-state index contributed by atoms with van der Waals surface area (Å²) >= 11 is 2.64. The Labute approximate surface area is 363 Å². The molecule has 9 N–H and O–H groups in total. The summed E-state index contributed by atoms with van der Waals surface area (Å²) in [4.78, 5) is 91.6. The number of aliphatic carboxylic acids is 1.